The van der Waals surface area contributed by atoms with Crippen LogP contribution < -0.4 is 5.32 Å². The third-order valence-electron chi connectivity index (χ3n) is 3.58. The van der Waals surface area contributed by atoms with E-state index >= 15 is 0 Å². The predicted octanol–water partition coefficient (Wildman–Crippen LogP) is 1.97. The molecule has 0 saturated carbocycles. The van der Waals surface area contributed by atoms with Crippen molar-refractivity contribution in [3.05, 3.63) is 24.5 Å². The van der Waals surface area contributed by atoms with Gasteiger partial charge in [0.1, 0.15) is 6.26 Å². The lowest BCUT2D eigenvalue weighted by molar-refractivity contribution is 0.285. The highest BCUT2D eigenvalue weighted by Crippen LogP contribution is 2.33. The summed E-state index contributed by atoms with van der Waals surface area (Å²) in [7, 11) is 0. The topological polar surface area (TPSA) is 64.1 Å². The normalized spacial score (nSPS) is 24.3. The van der Waals surface area contributed by atoms with E-state index in [1.54, 1.807) is 12.5 Å². The van der Waals surface area contributed by atoms with Crippen molar-refractivity contribution in [1.29, 1.82) is 0 Å². The van der Waals surface area contributed by atoms with E-state index in [9.17, 15) is 0 Å². The Labute approximate surface area is 99.2 Å². The number of hydrogen-bond acceptors (Lipinski definition) is 5. The first-order valence-corrected chi connectivity index (χ1v) is 5.91. The molecule has 90 valence electrons. The van der Waals surface area contributed by atoms with E-state index in [2.05, 4.69) is 22.4 Å². The van der Waals surface area contributed by atoms with Gasteiger partial charge >= 0.3 is 0 Å². The summed E-state index contributed by atoms with van der Waals surface area (Å²) in [4.78, 5) is 4.50. The molecular formula is C12H15N3O2. The van der Waals surface area contributed by atoms with Crippen molar-refractivity contribution in [3.63, 3.8) is 0 Å². The summed E-state index contributed by atoms with van der Waals surface area (Å²) in [5.74, 6) is 1.34. The van der Waals surface area contributed by atoms with Crippen LogP contribution in [0.25, 0.3) is 11.4 Å². The van der Waals surface area contributed by atoms with Crippen LogP contribution in [0, 0.1) is 0 Å². The summed E-state index contributed by atoms with van der Waals surface area (Å²) < 4.78 is 10.4. The maximum atomic E-state index is 5.42. The highest BCUT2D eigenvalue weighted by Gasteiger charge is 2.39. The molecule has 0 amide bonds. The molecule has 3 rings (SSSR count). The molecule has 2 aromatic heterocycles. The van der Waals surface area contributed by atoms with Crippen LogP contribution in [0.3, 0.4) is 0 Å². The summed E-state index contributed by atoms with van der Waals surface area (Å²) >= 11 is 0. The van der Waals surface area contributed by atoms with Crippen LogP contribution in [0.4, 0.5) is 0 Å². The minimum Gasteiger partial charge on any atom is -0.472 e. The molecule has 1 saturated heterocycles. The van der Waals surface area contributed by atoms with Crippen LogP contribution in [-0.2, 0) is 5.41 Å². The summed E-state index contributed by atoms with van der Waals surface area (Å²) in [5, 5.41) is 7.38. The van der Waals surface area contributed by atoms with Gasteiger partial charge in [-0.3, -0.25) is 0 Å². The summed E-state index contributed by atoms with van der Waals surface area (Å²) in [6.07, 6.45) is 5.29. The van der Waals surface area contributed by atoms with Gasteiger partial charge in [-0.25, -0.2) is 0 Å². The second-order valence-corrected chi connectivity index (χ2v) is 4.50. The van der Waals surface area contributed by atoms with Crippen molar-refractivity contribution in [2.24, 2.45) is 0 Å². The van der Waals surface area contributed by atoms with E-state index < -0.39 is 0 Å². The van der Waals surface area contributed by atoms with E-state index in [1.807, 2.05) is 6.07 Å². The minimum atomic E-state index is 0.00891. The molecule has 1 fully saturated rings. The monoisotopic (exact) mass is 233 g/mol. The number of nitrogens with one attached hydrogen (secondary N) is 1. The van der Waals surface area contributed by atoms with E-state index in [0.29, 0.717) is 5.82 Å². The zero-order chi connectivity index (χ0) is 11.7. The lowest BCUT2D eigenvalue weighted by Crippen LogP contribution is -2.28. The van der Waals surface area contributed by atoms with Crippen LogP contribution in [-0.4, -0.2) is 23.2 Å². The Morgan fingerprint density at radius 3 is 3.12 bits per heavy atom. The van der Waals surface area contributed by atoms with E-state index in [0.717, 1.165) is 37.4 Å². The van der Waals surface area contributed by atoms with Gasteiger partial charge in [0.15, 0.2) is 0 Å². The first kappa shape index (κ1) is 10.5. The summed E-state index contributed by atoms with van der Waals surface area (Å²) in [6.45, 7) is 4.09. The first-order chi connectivity index (χ1) is 8.34. The maximum Gasteiger partial charge on any atom is 0.234 e. The van der Waals surface area contributed by atoms with Gasteiger partial charge in [0.2, 0.25) is 11.7 Å². The molecular weight excluding hydrogens is 218 g/mol. The first-order valence-electron chi connectivity index (χ1n) is 5.91. The zero-order valence-electron chi connectivity index (χ0n) is 9.77. The fourth-order valence-corrected chi connectivity index (χ4v) is 2.33. The maximum absolute atomic E-state index is 5.42. The fourth-order valence-electron chi connectivity index (χ4n) is 2.33. The number of furan rings is 1. The van der Waals surface area contributed by atoms with Crippen LogP contribution in [0.2, 0.25) is 0 Å². The average Bonchev–Trinajstić information content (AvgIpc) is 3.10. The second kappa shape index (κ2) is 4.00. The molecule has 2 aromatic rings. The molecule has 17 heavy (non-hydrogen) atoms. The molecule has 1 N–H and O–H groups in total. The summed E-state index contributed by atoms with van der Waals surface area (Å²) in [5.41, 5.74) is 0.867. The molecule has 5 nitrogen and oxygen atoms in total. The Morgan fingerprint density at radius 1 is 1.53 bits per heavy atom. The largest absolute Gasteiger partial charge is 0.472 e. The molecule has 0 radical (unpaired) electrons. The van der Waals surface area contributed by atoms with Crippen LogP contribution >= 0.6 is 0 Å². The van der Waals surface area contributed by atoms with Crippen molar-refractivity contribution in [2.45, 2.75) is 25.2 Å². The molecule has 5 heteroatoms. The molecule has 1 aliphatic rings. The van der Waals surface area contributed by atoms with Gasteiger partial charge in [0.25, 0.3) is 0 Å². The molecule has 1 aliphatic heterocycles. The molecule has 3 heterocycles. The van der Waals surface area contributed by atoms with Gasteiger partial charge in [-0.1, -0.05) is 12.1 Å². The standard InChI is InChI=1S/C12H15N3O2/c1-2-12(4-5-13-8-12)11-14-10(15-17-11)9-3-6-16-7-9/h3,6-7,13H,2,4-5,8H2,1H3. The van der Waals surface area contributed by atoms with Crippen LogP contribution in [0.1, 0.15) is 25.7 Å². The van der Waals surface area contributed by atoms with Gasteiger partial charge in [-0.15, -0.1) is 0 Å². The zero-order valence-corrected chi connectivity index (χ0v) is 9.77. The van der Waals surface area contributed by atoms with Crippen LogP contribution in [0.5, 0.6) is 0 Å². The van der Waals surface area contributed by atoms with Gasteiger partial charge < -0.3 is 14.3 Å². The molecule has 0 aromatic carbocycles. The van der Waals surface area contributed by atoms with Gasteiger partial charge in [0, 0.05) is 6.54 Å². The van der Waals surface area contributed by atoms with Crippen molar-refractivity contribution in [2.75, 3.05) is 13.1 Å². The molecule has 0 bridgehead atoms. The Kier molecular flexibility index (Phi) is 2.48. The highest BCUT2D eigenvalue weighted by molar-refractivity contribution is 5.51. The summed E-state index contributed by atoms with van der Waals surface area (Å²) in [6, 6.07) is 1.83. The lowest BCUT2D eigenvalue weighted by Gasteiger charge is -2.20. The van der Waals surface area contributed by atoms with Gasteiger partial charge in [-0.05, 0) is 25.5 Å². The van der Waals surface area contributed by atoms with Crippen LogP contribution in [0.15, 0.2) is 27.5 Å². The quantitative estimate of drug-likeness (QED) is 0.878. The van der Waals surface area contributed by atoms with Crippen molar-refractivity contribution < 1.29 is 8.94 Å². The average molecular weight is 233 g/mol. The second-order valence-electron chi connectivity index (χ2n) is 4.50. The van der Waals surface area contributed by atoms with Crippen molar-refractivity contribution >= 4 is 0 Å². The lowest BCUT2D eigenvalue weighted by atomic mass is 9.84. The molecule has 1 unspecified atom stereocenters. The number of nitrogens with zero attached hydrogens (tertiary/aromatic N) is 2. The SMILES string of the molecule is CCC1(c2nc(-c3ccoc3)no2)CCNC1. The number of rotatable bonds is 3. The predicted molar refractivity (Wildman–Crippen MR) is 61.5 cm³/mol. The minimum absolute atomic E-state index is 0.00891. The Bertz CT molecular complexity index is 484. The smallest absolute Gasteiger partial charge is 0.234 e. The molecule has 0 aliphatic carbocycles. The molecule has 1 atom stereocenters. The molecule has 0 spiro atoms. The van der Waals surface area contributed by atoms with Gasteiger partial charge in [-0.2, -0.15) is 4.98 Å². The fraction of sp³-hybridized carbons (Fsp3) is 0.500. The third-order valence-corrected chi connectivity index (χ3v) is 3.58. The van der Waals surface area contributed by atoms with Gasteiger partial charge in [0.05, 0.1) is 17.2 Å². The van der Waals surface area contributed by atoms with E-state index in [4.69, 9.17) is 8.94 Å². The van der Waals surface area contributed by atoms with E-state index in [1.165, 1.54) is 0 Å². The van der Waals surface area contributed by atoms with Crippen molar-refractivity contribution in [1.82, 2.24) is 15.5 Å². The Balaban J connectivity index is 1.94. The number of hydrogen-bond donors (Lipinski definition) is 1. The van der Waals surface area contributed by atoms with E-state index in [-0.39, 0.29) is 5.41 Å². The Hall–Kier alpha value is -1.62. The number of aromatic nitrogens is 2. The third kappa shape index (κ3) is 1.67. The van der Waals surface area contributed by atoms with Crippen molar-refractivity contribution in [3.8, 4) is 11.4 Å². The highest BCUT2D eigenvalue weighted by atomic mass is 16.5. The Morgan fingerprint density at radius 2 is 2.47 bits per heavy atom.